The van der Waals surface area contributed by atoms with E-state index in [2.05, 4.69) is 4.90 Å². The molecule has 23 heavy (non-hydrogen) atoms. The minimum atomic E-state index is -3.13. The summed E-state index contributed by atoms with van der Waals surface area (Å²) in [6, 6.07) is 10.6. The molecule has 5 heteroatoms. The molecular formula is C18H28N2O2S. The molecule has 4 nitrogen and oxygen atoms in total. The van der Waals surface area contributed by atoms with Gasteiger partial charge in [-0.1, -0.05) is 49.6 Å². The normalized spacial score (nSPS) is 22.3. The monoisotopic (exact) mass is 336 g/mol. The Kier molecular flexibility index (Phi) is 5.72. The maximum Gasteiger partial charge on any atom is 0.214 e. The maximum absolute atomic E-state index is 12.5. The molecule has 2 fully saturated rings. The van der Waals surface area contributed by atoms with Crippen LogP contribution in [0.1, 0.15) is 37.7 Å². The summed E-state index contributed by atoms with van der Waals surface area (Å²) < 4.78 is 26.8. The third-order valence-electron chi connectivity index (χ3n) is 5.25. The van der Waals surface area contributed by atoms with Crippen molar-refractivity contribution in [3.8, 4) is 0 Å². The van der Waals surface area contributed by atoms with Gasteiger partial charge in [-0.15, -0.1) is 0 Å². The van der Waals surface area contributed by atoms with Crippen LogP contribution in [0.15, 0.2) is 30.3 Å². The summed E-state index contributed by atoms with van der Waals surface area (Å²) in [5.74, 6) is 0.223. The van der Waals surface area contributed by atoms with Gasteiger partial charge in [0.25, 0.3) is 0 Å². The number of piperazine rings is 1. The number of sulfonamides is 1. The van der Waals surface area contributed by atoms with Gasteiger partial charge < -0.3 is 0 Å². The summed E-state index contributed by atoms with van der Waals surface area (Å²) in [6.07, 6.45) is 7.22. The van der Waals surface area contributed by atoms with E-state index in [0.717, 1.165) is 18.7 Å². The molecule has 0 radical (unpaired) electrons. The summed E-state index contributed by atoms with van der Waals surface area (Å²) in [6.45, 7) is 3.12. The van der Waals surface area contributed by atoms with Gasteiger partial charge in [-0.25, -0.2) is 8.42 Å². The SMILES string of the molecule is O=S(=O)(CCc1ccccc1)N1CCN(C2CCCCC2)CC1. The molecular weight excluding hydrogens is 308 g/mol. The first-order valence-corrected chi connectivity index (χ1v) is 10.5. The third kappa shape index (κ3) is 4.55. The highest BCUT2D eigenvalue weighted by atomic mass is 32.2. The highest BCUT2D eigenvalue weighted by molar-refractivity contribution is 7.89. The maximum atomic E-state index is 12.5. The molecule has 1 aromatic carbocycles. The van der Waals surface area contributed by atoms with Gasteiger partial charge in [0.05, 0.1) is 5.75 Å². The van der Waals surface area contributed by atoms with Crippen LogP contribution in [-0.4, -0.2) is 55.6 Å². The van der Waals surface area contributed by atoms with Gasteiger partial charge in [-0.3, -0.25) is 4.90 Å². The molecule has 2 aliphatic rings. The Hall–Kier alpha value is -0.910. The molecule has 128 valence electrons. The van der Waals surface area contributed by atoms with E-state index in [1.54, 1.807) is 4.31 Å². The van der Waals surface area contributed by atoms with E-state index in [-0.39, 0.29) is 5.75 Å². The third-order valence-corrected chi connectivity index (χ3v) is 7.12. The second kappa shape index (κ2) is 7.77. The predicted molar refractivity (Wildman–Crippen MR) is 94.0 cm³/mol. The molecule has 0 atom stereocenters. The number of hydrogen-bond acceptors (Lipinski definition) is 3. The zero-order valence-corrected chi connectivity index (χ0v) is 14.7. The van der Waals surface area contributed by atoms with E-state index >= 15 is 0 Å². The standard InChI is InChI=1S/C18H28N2O2S/c21-23(22,16-11-17-7-3-1-4-8-17)20-14-12-19(13-15-20)18-9-5-2-6-10-18/h1,3-4,7-8,18H,2,5-6,9-16H2. The molecule has 1 saturated carbocycles. The van der Waals surface area contributed by atoms with Gasteiger partial charge in [-0.2, -0.15) is 4.31 Å². The number of aryl methyl sites for hydroxylation is 1. The van der Waals surface area contributed by atoms with Crippen LogP contribution in [0.3, 0.4) is 0 Å². The Morgan fingerprint density at radius 2 is 1.57 bits per heavy atom. The van der Waals surface area contributed by atoms with Crippen LogP contribution < -0.4 is 0 Å². The van der Waals surface area contributed by atoms with Gasteiger partial charge in [0.2, 0.25) is 10.0 Å². The van der Waals surface area contributed by atoms with E-state index in [1.165, 1.54) is 32.1 Å². The van der Waals surface area contributed by atoms with Crippen molar-refractivity contribution in [2.24, 2.45) is 0 Å². The molecule has 0 N–H and O–H groups in total. The molecule has 0 amide bonds. The zero-order chi connectivity index (χ0) is 16.1. The van der Waals surface area contributed by atoms with Crippen LogP contribution in [0.25, 0.3) is 0 Å². The Labute approximate surface area is 140 Å². The van der Waals surface area contributed by atoms with Crippen molar-refractivity contribution in [2.75, 3.05) is 31.9 Å². The van der Waals surface area contributed by atoms with E-state index in [0.29, 0.717) is 25.6 Å². The van der Waals surface area contributed by atoms with Crippen molar-refractivity contribution < 1.29 is 8.42 Å². The van der Waals surface area contributed by atoms with Gasteiger partial charge >= 0.3 is 0 Å². The van der Waals surface area contributed by atoms with Crippen molar-refractivity contribution in [1.29, 1.82) is 0 Å². The van der Waals surface area contributed by atoms with Crippen molar-refractivity contribution in [3.63, 3.8) is 0 Å². The fourth-order valence-corrected chi connectivity index (χ4v) is 5.29. The average Bonchev–Trinajstić information content (AvgIpc) is 2.62. The number of nitrogens with zero attached hydrogens (tertiary/aromatic N) is 2. The molecule has 1 heterocycles. The lowest BCUT2D eigenvalue weighted by atomic mass is 9.94. The molecule has 1 aromatic rings. The first-order chi connectivity index (χ1) is 11.1. The number of benzene rings is 1. The van der Waals surface area contributed by atoms with Crippen molar-refractivity contribution >= 4 is 10.0 Å². The Morgan fingerprint density at radius 3 is 2.22 bits per heavy atom. The fourth-order valence-electron chi connectivity index (χ4n) is 3.81. The molecule has 0 bridgehead atoms. The zero-order valence-electron chi connectivity index (χ0n) is 13.9. The molecule has 0 spiro atoms. The highest BCUT2D eigenvalue weighted by Crippen LogP contribution is 2.24. The van der Waals surface area contributed by atoms with Crippen LogP contribution in [0.4, 0.5) is 0 Å². The second-order valence-electron chi connectivity index (χ2n) is 6.78. The molecule has 0 unspecified atom stereocenters. The number of rotatable bonds is 5. The van der Waals surface area contributed by atoms with Crippen molar-refractivity contribution in [1.82, 2.24) is 9.21 Å². The molecule has 0 aromatic heterocycles. The van der Waals surface area contributed by atoms with Crippen LogP contribution in [0.2, 0.25) is 0 Å². The lowest BCUT2D eigenvalue weighted by molar-refractivity contribution is 0.111. The summed E-state index contributed by atoms with van der Waals surface area (Å²) in [5, 5.41) is 0. The Bertz CT molecular complexity index is 574. The average molecular weight is 337 g/mol. The molecule has 1 aliphatic heterocycles. The minimum Gasteiger partial charge on any atom is -0.298 e. The fraction of sp³-hybridized carbons (Fsp3) is 0.667. The smallest absolute Gasteiger partial charge is 0.214 e. The molecule has 1 saturated heterocycles. The summed E-state index contributed by atoms with van der Waals surface area (Å²) in [5.41, 5.74) is 1.09. The van der Waals surface area contributed by atoms with Crippen molar-refractivity contribution in [3.05, 3.63) is 35.9 Å². The molecule has 3 rings (SSSR count). The van der Waals surface area contributed by atoms with Crippen LogP contribution in [0, 0.1) is 0 Å². The van der Waals surface area contributed by atoms with E-state index < -0.39 is 10.0 Å². The van der Waals surface area contributed by atoms with Crippen LogP contribution in [-0.2, 0) is 16.4 Å². The van der Waals surface area contributed by atoms with E-state index in [4.69, 9.17) is 0 Å². The minimum absolute atomic E-state index is 0.223. The predicted octanol–water partition coefficient (Wildman–Crippen LogP) is 2.51. The second-order valence-corrected chi connectivity index (χ2v) is 8.87. The van der Waals surface area contributed by atoms with Gasteiger partial charge in [0.1, 0.15) is 0 Å². The Balaban J connectivity index is 1.49. The Morgan fingerprint density at radius 1 is 0.913 bits per heavy atom. The lowest BCUT2D eigenvalue weighted by Gasteiger charge is -2.40. The highest BCUT2D eigenvalue weighted by Gasteiger charge is 2.30. The summed E-state index contributed by atoms with van der Waals surface area (Å²) in [7, 11) is -3.13. The first kappa shape index (κ1) is 16.9. The van der Waals surface area contributed by atoms with Crippen LogP contribution >= 0.6 is 0 Å². The van der Waals surface area contributed by atoms with Crippen molar-refractivity contribution in [2.45, 2.75) is 44.6 Å². The lowest BCUT2D eigenvalue weighted by Crippen LogP contribution is -2.52. The van der Waals surface area contributed by atoms with Gasteiger partial charge in [0, 0.05) is 32.2 Å². The summed E-state index contributed by atoms with van der Waals surface area (Å²) >= 11 is 0. The van der Waals surface area contributed by atoms with Gasteiger partial charge in [-0.05, 0) is 24.8 Å². The largest absolute Gasteiger partial charge is 0.298 e. The van der Waals surface area contributed by atoms with E-state index in [1.807, 2.05) is 30.3 Å². The van der Waals surface area contributed by atoms with Gasteiger partial charge in [0.15, 0.2) is 0 Å². The topological polar surface area (TPSA) is 40.6 Å². The molecule has 1 aliphatic carbocycles. The number of hydrogen-bond donors (Lipinski definition) is 0. The quantitative estimate of drug-likeness (QED) is 0.829. The first-order valence-electron chi connectivity index (χ1n) is 8.91. The van der Waals surface area contributed by atoms with E-state index in [9.17, 15) is 8.42 Å². The summed E-state index contributed by atoms with van der Waals surface area (Å²) in [4.78, 5) is 2.52. The van der Waals surface area contributed by atoms with Crippen LogP contribution in [0.5, 0.6) is 0 Å².